The minimum atomic E-state index is 0.873. The van der Waals surface area contributed by atoms with Crippen LogP contribution in [-0.4, -0.2) is 21.0 Å². The molecule has 1 heterocycles. The van der Waals surface area contributed by atoms with Gasteiger partial charge in [0.1, 0.15) is 0 Å². The lowest BCUT2D eigenvalue weighted by Gasteiger charge is -2.48. The highest BCUT2D eigenvalue weighted by Crippen LogP contribution is 2.54. The molecule has 0 amide bonds. The van der Waals surface area contributed by atoms with Crippen molar-refractivity contribution in [3.63, 3.8) is 0 Å². The molecule has 0 nitrogen and oxygen atoms in total. The van der Waals surface area contributed by atoms with Crippen LogP contribution in [0.5, 0.6) is 0 Å². The third kappa shape index (κ3) is 3.68. The Labute approximate surface area is 140 Å². The van der Waals surface area contributed by atoms with E-state index in [9.17, 15) is 0 Å². The van der Waals surface area contributed by atoms with Gasteiger partial charge in [0.05, 0.1) is 0 Å². The molecule has 2 heteroatoms. The fourth-order valence-corrected chi connectivity index (χ4v) is 8.73. The molecule has 1 aliphatic heterocycles. The summed E-state index contributed by atoms with van der Waals surface area (Å²) >= 11 is 4.80. The zero-order chi connectivity index (χ0) is 14.8. The zero-order valence-electron chi connectivity index (χ0n) is 14.0. The quantitative estimate of drug-likeness (QED) is 0.570. The summed E-state index contributed by atoms with van der Waals surface area (Å²) in [5, 5.41) is 3.86. The normalized spacial score (nSPS) is 45.1. The van der Waals surface area contributed by atoms with E-state index >= 15 is 0 Å². The van der Waals surface area contributed by atoms with Crippen molar-refractivity contribution in [3.05, 3.63) is 12.2 Å². The largest absolute Gasteiger partial charge is 0.153 e. The molecule has 120 valence electrons. The van der Waals surface area contributed by atoms with Crippen molar-refractivity contribution in [1.29, 1.82) is 0 Å². The molecule has 0 aromatic heterocycles. The van der Waals surface area contributed by atoms with Crippen LogP contribution in [0.1, 0.15) is 65.7 Å². The summed E-state index contributed by atoms with van der Waals surface area (Å²) in [4.78, 5) is 0. The van der Waals surface area contributed by atoms with Crippen LogP contribution < -0.4 is 0 Å². The van der Waals surface area contributed by atoms with Gasteiger partial charge in [-0.05, 0) is 63.2 Å². The monoisotopic (exact) mass is 324 g/mol. The second-order valence-electron chi connectivity index (χ2n) is 7.48. The van der Waals surface area contributed by atoms with E-state index in [-0.39, 0.29) is 0 Å². The highest BCUT2D eigenvalue weighted by atomic mass is 32.2. The van der Waals surface area contributed by atoms with Crippen LogP contribution in [0.2, 0.25) is 0 Å². The van der Waals surface area contributed by atoms with Gasteiger partial charge in [0.25, 0.3) is 0 Å². The Hall–Kier alpha value is 0.440. The van der Waals surface area contributed by atoms with E-state index in [1.807, 2.05) is 0 Å². The molecule has 7 atom stereocenters. The van der Waals surface area contributed by atoms with Crippen molar-refractivity contribution in [2.24, 2.45) is 17.8 Å². The lowest BCUT2D eigenvalue weighted by atomic mass is 9.79. The van der Waals surface area contributed by atoms with E-state index in [4.69, 9.17) is 0 Å². The van der Waals surface area contributed by atoms with Gasteiger partial charge in [-0.1, -0.05) is 32.4 Å². The van der Waals surface area contributed by atoms with Crippen molar-refractivity contribution >= 4 is 23.5 Å². The molecule has 2 saturated carbocycles. The molecule has 3 fully saturated rings. The average molecular weight is 325 g/mol. The molecule has 0 aromatic rings. The Morgan fingerprint density at radius 2 is 1.62 bits per heavy atom. The van der Waals surface area contributed by atoms with E-state index in [0.717, 1.165) is 38.8 Å². The summed E-state index contributed by atoms with van der Waals surface area (Å²) in [6, 6.07) is 0. The molecule has 1 saturated heterocycles. The number of rotatable bonds is 3. The zero-order valence-corrected chi connectivity index (χ0v) is 15.6. The molecule has 7 unspecified atom stereocenters. The van der Waals surface area contributed by atoms with Crippen LogP contribution in [-0.2, 0) is 0 Å². The highest BCUT2D eigenvalue weighted by Gasteiger charge is 2.43. The fraction of sp³-hybridized carbons (Fsp3) is 0.895. The smallest absolute Gasteiger partial charge is 0.0175 e. The second-order valence-corrected chi connectivity index (χ2v) is 10.4. The molecular formula is C19H32S2. The third-order valence-corrected chi connectivity index (χ3v) is 10.1. The Kier molecular flexibility index (Phi) is 5.70. The number of thioether (sulfide) groups is 2. The summed E-state index contributed by atoms with van der Waals surface area (Å²) in [5.74, 6) is 2.83. The summed E-state index contributed by atoms with van der Waals surface area (Å²) in [5.41, 5.74) is 0. The summed E-state index contributed by atoms with van der Waals surface area (Å²) in [7, 11) is 0. The standard InChI is InChI=1S/C19H32S2/c1-4-6-14-7-9-16-18(11-14)20-17-10-8-15(13(3)5-2)12-19(17)21-16/h4,6,13-19H,5,7-12H2,1-3H3/b6-4+. The molecule has 0 aromatic carbocycles. The molecule has 3 aliphatic rings. The van der Waals surface area contributed by atoms with Crippen molar-refractivity contribution < 1.29 is 0 Å². The fourth-order valence-electron chi connectivity index (χ4n) is 4.61. The Morgan fingerprint density at radius 3 is 2.29 bits per heavy atom. The van der Waals surface area contributed by atoms with Crippen molar-refractivity contribution in [3.8, 4) is 0 Å². The molecule has 3 rings (SSSR count). The molecule has 0 spiro atoms. The van der Waals surface area contributed by atoms with Gasteiger partial charge in [-0.15, -0.1) is 0 Å². The van der Waals surface area contributed by atoms with Gasteiger partial charge in [0.15, 0.2) is 0 Å². The van der Waals surface area contributed by atoms with Gasteiger partial charge in [-0.25, -0.2) is 0 Å². The van der Waals surface area contributed by atoms with Gasteiger partial charge in [0.2, 0.25) is 0 Å². The second kappa shape index (κ2) is 7.34. The van der Waals surface area contributed by atoms with Gasteiger partial charge in [-0.3, -0.25) is 0 Å². The van der Waals surface area contributed by atoms with E-state index < -0.39 is 0 Å². The van der Waals surface area contributed by atoms with Crippen LogP contribution in [0.25, 0.3) is 0 Å². The van der Waals surface area contributed by atoms with Crippen LogP contribution in [0, 0.1) is 17.8 Å². The number of fused-ring (bicyclic) bond motifs is 2. The number of allylic oxidation sites excluding steroid dienone is 2. The van der Waals surface area contributed by atoms with Crippen LogP contribution >= 0.6 is 23.5 Å². The lowest BCUT2D eigenvalue weighted by Crippen LogP contribution is -2.43. The first-order valence-electron chi connectivity index (χ1n) is 9.15. The average Bonchev–Trinajstić information content (AvgIpc) is 2.52. The predicted octanol–water partition coefficient (Wildman–Crippen LogP) is 6.16. The van der Waals surface area contributed by atoms with Crippen LogP contribution in [0.4, 0.5) is 0 Å². The summed E-state index contributed by atoms with van der Waals surface area (Å²) in [6.45, 7) is 7.04. The maximum Gasteiger partial charge on any atom is 0.0175 e. The maximum absolute atomic E-state index is 2.48. The minimum Gasteiger partial charge on any atom is -0.153 e. The van der Waals surface area contributed by atoms with Crippen LogP contribution in [0.15, 0.2) is 12.2 Å². The molecule has 0 N–H and O–H groups in total. The first-order valence-corrected chi connectivity index (χ1v) is 11.0. The molecule has 0 radical (unpaired) electrons. The lowest BCUT2D eigenvalue weighted by molar-refractivity contribution is 0.264. The van der Waals surface area contributed by atoms with E-state index in [1.165, 1.54) is 44.9 Å². The number of hydrogen-bond donors (Lipinski definition) is 0. The topological polar surface area (TPSA) is 0 Å². The number of hydrogen-bond acceptors (Lipinski definition) is 2. The first-order chi connectivity index (χ1) is 10.2. The van der Waals surface area contributed by atoms with Crippen molar-refractivity contribution in [2.45, 2.75) is 86.7 Å². The molecule has 0 bridgehead atoms. The van der Waals surface area contributed by atoms with Crippen molar-refractivity contribution in [2.75, 3.05) is 0 Å². The SMILES string of the molecule is C/C=C/C1CCC2SC3CC(C(C)CC)CCC3SC2C1. The van der Waals surface area contributed by atoms with Crippen LogP contribution in [0.3, 0.4) is 0 Å². The van der Waals surface area contributed by atoms with Gasteiger partial charge >= 0.3 is 0 Å². The van der Waals surface area contributed by atoms with E-state index in [0.29, 0.717) is 0 Å². The maximum atomic E-state index is 2.48. The van der Waals surface area contributed by atoms with E-state index in [2.05, 4.69) is 56.4 Å². The molecule has 2 aliphatic carbocycles. The third-order valence-electron chi connectivity index (χ3n) is 6.16. The molecule has 21 heavy (non-hydrogen) atoms. The Bertz CT molecular complexity index is 365. The first kappa shape index (κ1) is 16.3. The van der Waals surface area contributed by atoms with Gasteiger partial charge in [0, 0.05) is 21.0 Å². The summed E-state index contributed by atoms with van der Waals surface area (Å²) < 4.78 is 0. The minimum absolute atomic E-state index is 0.873. The summed E-state index contributed by atoms with van der Waals surface area (Å²) in [6.07, 6.45) is 15.0. The van der Waals surface area contributed by atoms with Gasteiger partial charge in [-0.2, -0.15) is 23.5 Å². The highest BCUT2D eigenvalue weighted by molar-refractivity contribution is 8.07. The van der Waals surface area contributed by atoms with Gasteiger partial charge < -0.3 is 0 Å². The van der Waals surface area contributed by atoms with E-state index in [1.54, 1.807) is 0 Å². The molecular weight excluding hydrogens is 292 g/mol. The Morgan fingerprint density at radius 1 is 0.952 bits per heavy atom. The van der Waals surface area contributed by atoms with Crippen molar-refractivity contribution in [1.82, 2.24) is 0 Å². The predicted molar refractivity (Wildman–Crippen MR) is 99.3 cm³/mol. The Balaban J connectivity index is 1.59.